The lowest BCUT2D eigenvalue weighted by molar-refractivity contribution is -0.127. The highest BCUT2D eigenvalue weighted by molar-refractivity contribution is 8.15. The number of nitrogens with zero attached hydrogens (tertiary/aromatic N) is 1. The number of nitrogens with one attached hydrogen (secondary N) is 1. The zero-order chi connectivity index (χ0) is 23.3. The lowest BCUT2D eigenvalue weighted by Gasteiger charge is -2.14. The van der Waals surface area contributed by atoms with Crippen LogP contribution in [-0.2, 0) is 22.4 Å². The Labute approximate surface area is 189 Å². The second kappa shape index (κ2) is 10.4. The molecule has 0 spiro atoms. The third kappa shape index (κ3) is 5.73. The van der Waals surface area contributed by atoms with Gasteiger partial charge >= 0.3 is 5.97 Å². The zero-order valence-corrected chi connectivity index (χ0v) is 18.3. The number of hydrogen-bond donors (Lipinski definition) is 2. The van der Waals surface area contributed by atoms with E-state index < -0.39 is 28.5 Å². The lowest BCUT2D eigenvalue weighted by atomic mass is 10.1. The van der Waals surface area contributed by atoms with Gasteiger partial charge in [-0.25, -0.2) is 9.18 Å². The average molecular weight is 459 g/mol. The molecule has 1 saturated heterocycles. The minimum Gasteiger partial charge on any atom is -0.478 e. The van der Waals surface area contributed by atoms with E-state index in [-0.39, 0.29) is 36.2 Å². The van der Waals surface area contributed by atoms with Crippen molar-refractivity contribution in [1.29, 1.82) is 0 Å². The number of carboxylic acids is 1. The average Bonchev–Trinajstić information content (AvgIpc) is 3.01. The number of hydrogen-bond acceptors (Lipinski definition) is 5. The number of carboxylic acid groups (broad SMARTS) is 1. The maximum absolute atomic E-state index is 13.7. The summed E-state index contributed by atoms with van der Waals surface area (Å²) in [6.07, 6.45) is 1.68. The molecule has 2 aromatic rings. The van der Waals surface area contributed by atoms with E-state index in [1.807, 2.05) is 24.3 Å². The summed E-state index contributed by atoms with van der Waals surface area (Å²) in [7, 11) is 0. The first-order valence-electron chi connectivity index (χ1n) is 10.2. The van der Waals surface area contributed by atoms with Crippen molar-refractivity contribution in [3.8, 4) is 0 Å². The molecule has 1 unspecified atom stereocenters. The third-order valence-electron chi connectivity index (χ3n) is 5.13. The minimum absolute atomic E-state index is 0.0210. The summed E-state index contributed by atoms with van der Waals surface area (Å²) in [5.74, 6) is -3.02. The molecule has 1 aliphatic heterocycles. The van der Waals surface area contributed by atoms with Crippen molar-refractivity contribution in [2.45, 2.75) is 37.9 Å². The summed E-state index contributed by atoms with van der Waals surface area (Å²) in [4.78, 5) is 49.0. The second-order valence-electron chi connectivity index (χ2n) is 7.39. The van der Waals surface area contributed by atoms with Crippen LogP contribution in [0.4, 0.5) is 14.9 Å². The van der Waals surface area contributed by atoms with E-state index in [1.54, 1.807) is 0 Å². The largest absolute Gasteiger partial charge is 0.478 e. The molecule has 7 nitrogen and oxygen atoms in total. The topological polar surface area (TPSA) is 104 Å². The number of carbonyl (C=O) groups is 4. The van der Waals surface area contributed by atoms with Crippen LogP contribution in [0.5, 0.6) is 0 Å². The minimum atomic E-state index is -1.39. The lowest BCUT2D eigenvalue weighted by Crippen LogP contribution is -2.33. The molecule has 1 aliphatic rings. The second-order valence-corrected chi connectivity index (χ2v) is 8.54. The number of anilines is 1. The molecule has 0 saturated carbocycles. The molecule has 2 N–H and O–H groups in total. The Hall–Kier alpha value is -3.20. The van der Waals surface area contributed by atoms with Gasteiger partial charge in [0, 0.05) is 18.7 Å². The molecule has 3 rings (SSSR count). The Balaban J connectivity index is 1.48. The van der Waals surface area contributed by atoms with Crippen LogP contribution in [-0.4, -0.2) is 44.8 Å². The number of aromatic carboxylic acids is 1. The molecule has 9 heteroatoms. The first kappa shape index (κ1) is 23.5. The van der Waals surface area contributed by atoms with Gasteiger partial charge in [-0.05, 0) is 48.6 Å². The molecular formula is C23H23FN2O5S. The number of carbonyl (C=O) groups excluding carboxylic acids is 3. The summed E-state index contributed by atoms with van der Waals surface area (Å²) >= 11 is 1.00. The van der Waals surface area contributed by atoms with Gasteiger partial charge in [0.05, 0.1) is 10.8 Å². The van der Waals surface area contributed by atoms with Crippen LogP contribution in [0.1, 0.15) is 41.3 Å². The first-order valence-corrected chi connectivity index (χ1v) is 11.1. The standard InChI is InChI=1S/C23H23FN2O5S/c1-2-14-5-7-15(8-6-14)12-19-21(28)26(23(31)32-19)11-3-4-20(27)25-16-9-10-17(22(29)30)18(24)13-16/h5-10,13,19H,2-4,11-12H2,1H3,(H,25,27)(H,29,30). The molecule has 1 fully saturated rings. The van der Waals surface area contributed by atoms with Gasteiger partial charge in [-0.1, -0.05) is 43.0 Å². The summed E-state index contributed by atoms with van der Waals surface area (Å²) in [5, 5.41) is 10.5. The summed E-state index contributed by atoms with van der Waals surface area (Å²) < 4.78 is 13.7. The van der Waals surface area contributed by atoms with Crippen LogP contribution in [0.2, 0.25) is 0 Å². The zero-order valence-electron chi connectivity index (χ0n) is 17.5. The van der Waals surface area contributed by atoms with Crippen LogP contribution >= 0.6 is 11.8 Å². The molecular weight excluding hydrogens is 435 g/mol. The van der Waals surface area contributed by atoms with E-state index in [2.05, 4.69) is 12.2 Å². The highest BCUT2D eigenvalue weighted by atomic mass is 32.2. The highest BCUT2D eigenvalue weighted by Gasteiger charge is 2.39. The number of amides is 3. The number of halogens is 1. The van der Waals surface area contributed by atoms with Crippen molar-refractivity contribution in [1.82, 2.24) is 4.90 Å². The van der Waals surface area contributed by atoms with Crippen molar-refractivity contribution < 1.29 is 28.7 Å². The van der Waals surface area contributed by atoms with Crippen molar-refractivity contribution in [3.05, 3.63) is 65.0 Å². The monoisotopic (exact) mass is 458 g/mol. The normalized spacial score (nSPS) is 15.8. The SMILES string of the molecule is CCc1ccc(CC2SC(=O)N(CCCC(=O)Nc3ccc(C(=O)O)c(F)c3)C2=O)cc1. The number of imide groups is 1. The Kier molecular flexibility index (Phi) is 7.63. The molecule has 32 heavy (non-hydrogen) atoms. The fourth-order valence-electron chi connectivity index (χ4n) is 3.34. The van der Waals surface area contributed by atoms with Crippen LogP contribution in [0.3, 0.4) is 0 Å². The predicted molar refractivity (Wildman–Crippen MR) is 119 cm³/mol. The molecule has 1 heterocycles. The van der Waals surface area contributed by atoms with Gasteiger partial charge in [0.2, 0.25) is 11.8 Å². The van der Waals surface area contributed by atoms with Gasteiger partial charge in [0.25, 0.3) is 5.24 Å². The quantitative estimate of drug-likeness (QED) is 0.586. The van der Waals surface area contributed by atoms with Crippen molar-refractivity contribution >= 4 is 40.5 Å². The molecule has 1 atom stereocenters. The van der Waals surface area contributed by atoms with E-state index in [0.29, 0.717) is 6.42 Å². The van der Waals surface area contributed by atoms with Crippen LogP contribution < -0.4 is 5.32 Å². The van der Waals surface area contributed by atoms with Gasteiger partial charge in [-0.2, -0.15) is 0 Å². The van der Waals surface area contributed by atoms with Crippen molar-refractivity contribution in [3.63, 3.8) is 0 Å². The van der Waals surface area contributed by atoms with Crippen molar-refractivity contribution in [2.75, 3.05) is 11.9 Å². The maximum atomic E-state index is 13.7. The van der Waals surface area contributed by atoms with Crippen LogP contribution in [0.15, 0.2) is 42.5 Å². The Morgan fingerprint density at radius 3 is 2.44 bits per heavy atom. The highest BCUT2D eigenvalue weighted by Crippen LogP contribution is 2.30. The molecule has 168 valence electrons. The number of thioether (sulfide) groups is 1. The molecule has 0 aromatic heterocycles. The summed E-state index contributed by atoms with van der Waals surface area (Å²) in [6, 6.07) is 11.3. The molecule has 0 aliphatic carbocycles. The summed E-state index contributed by atoms with van der Waals surface area (Å²) in [5.41, 5.74) is 1.84. The van der Waals surface area contributed by atoms with Crippen LogP contribution in [0.25, 0.3) is 0 Å². The van der Waals surface area contributed by atoms with E-state index in [9.17, 15) is 23.6 Å². The third-order valence-corrected chi connectivity index (χ3v) is 6.20. The predicted octanol–water partition coefficient (Wildman–Crippen LogP) is 4.11. The number of benzene rings is 2. The van der Waals surface area contributed by atoms with Gasteiger partial charge < -0.3 is 10.4 Å². The molecule has 3 amide bonds. The fraction of sp³-hybridized carbons (Fsp3) is 0.304. The van der Waals surface area contributed by atoms with E-state index in [0.717, 1.165) is 35.9 Å². The maximum Gasteiger partial charge on any atom is 0.338 e. The van der Waals surface area contributed by atoms with E-state index >= 15 is 0 Å². The molecule has 0 bridgehead atoms. The number of rotatable bonds is 9. The first-order chi connectivity index (χ1) is 15.3. The smallest absolute Gasteiger partial charge is 0.338 e. The molecule has 0 radical (unpaired) electrons. The van der Waals surface area contributed by atoms with Gasteiger partial charge in [0.15, 0.2) is 0 Å². The Bertz CT molecular complexity index is 1040. The summed E-state index contributed by atoms with van der Waals surface area (Å²) in [6.45, 7) is 2.19. The van der Waals surface area contributed by atoms with E-state index in [4.69, 9.17) is 5.11 Å². The van der Waals surface area contributed by atoms with Crippen molar-refractivity contribution in [2.24, 2.45) is 0 Å². The van der Waals surface area contributed by atoms with Gasteiger partial charge in [0.1, 0.15) is 5.82 Å². The van der Waals surface area contributed by atoms with Gasteiger partial charge in [-0.15, -0.1) is 0 Å². The number of aryl methyl sites for hydroxylation is 1. The molecule has 2 aromatic carbocycles. The fourth-order valence-corrected chi connectivity index (χ4v) is 4.40. The van der Waals surface area contributed by atoms with Gasteiger partial charge in [-0.3, -0.25) is 19.3 Å². The Morgan fingerprint density at radius 2 is 1.81 bits per heavy atom. The Morgan fingerprint density at radius 1 is 1.12 bits per heavy atom. The van der Waals surface area contributed by atoms with E-state index in [1.165, 1.54) is 16.5 Å². The van der Waals surface area contributed by atoms with Crippen LogP contribution in [0, 0.1) is 5.82 Å².